The predicted octanol–water partition coefficient (Wildman–Crippen LogP) is 1.66. The molecule has 3 aliphatic rings. The van der Waals surface area contributed by atoms with Gasteiger partial charge in [-0.25, -0.2) is 8.42 Å². The van der Waals surface area contributed by atoms with Crippen molar-refractivity contribution in [3.8, 4) is 0 Å². The van der Waals surface area contributed by atoms with Crippen LogP contribution in [0.25, 0.3) is 0 Å². The SMILES string of the molecule is CC(C)C1CNC(C)(C2CC2)CN1C1CCS(=O)(=O)CC1. The molecule has 1 N–H and O–H groups in total. The Morgan fingerprint density at radius 1 is 1.14 bits per heavy atom. The van der Waals surface area contributed by atoms with Gasteiger partial charge in [-0.15, -0.1) is 0 Å². The van der Waals surface area contributed by atoms with Crippen molar-refractivity contribution in [2.75, 3.05) is 24.6 Å². The minimum atomic E-state index is -2.77. The lowest BCUT2D eigenvalue weighted by Gasteiger charge is -2.51. The molecule has 0 aromatic rings. The number of hydrogen-bond donors (Lipinski definition) is 1. The third-order valence-corrected chi connectivity index (χ3v) is 7.61. The number of sulfone groups is 1. The highest BCUT2D eigenvalue weighted by Crippen LogP contribution is 2.42. The van der Waals surface area contributed by atoms with Crippen LogP contribution >= 0.6 is 0 Å². The van der Waals surface area contributed by atoms with E-state index in [1.54, 1.807) is 0 Å². The Labute approximate surface area is 129 Å². The van der Waals surface area contributed by atoms with Gasteiger partial charge in [-0.05, 0) is 44.4 Å². The molecule has 4 nitrogen and oxygen atoms in total. The van der Waals surface area contributed by atoms with E-state index in [0.717, 1.165) is 31.8 Å². The minimum Gasteiger partial charge on any atom is -0.308 e. The largest absolute Gasteiger partial charge is 0.308 e. The van der Waals surface area contributed by atoms with Crippen molar-refractivity contribution in [3.05, 3.63) is 0 Å². The molecule has 2 unspecified atom stereocenters. The summed E-state index contributed by atoms with van der Waals surface area (Å²) < 4.78 is 23.4. The van der Waals surface area contributed by atoms with Crippen molar-refractivity contribution in [2.24, 2.45) is 11.8 Å². The molecule has 0 amide bonds. The van der Waals surface area contributed by atoms with E-state index in [1.165, 1.54) is 12.8 Å². The quantitative estimate of drug-likeness (QED) is 0.861. The fourth-order valence-corrected chi connectivity index (χ4v) is 5.70. The smallest absolute Gasteiger partial charge is 0.150 e. The first-order valence-corrected chi connectivity index (χ1v) is 10.3. The van der Waals surface area contributed by atoms with Crippen LogP contribution in [0, 0.1) is 11.8 Å². The first-order chi connectivity index (χ1) is 9.81. The molecule has 3 fully saturated rings. The predicted molar refractivity (Wildman–Crippen MR) is 86.1 cm³/mol. The van der Waals surface area contributed by atoms with E-state index in [-0.39, 0.29) is 5.54 Å². The Kier molecular flexibility index (Phi) is 4.13. The fourth-order valence-electron chi connectivity index (χ4n) is 4.23. The lowest BCUT2D eigenvalue weighted by Crippen LogP contribution is -2.67. The summed E-state index contributed by atoms with van der Waals surface area (Å²) in [6.07, 6.45) is 4.35. The van der Waals surface area contributed by atoms with E-state index in [2.05, 4.69) is 31.0 Å². The number of nitrogens with one attached hydrogen (secondary N) is 1. The Bertz CT molecular complexity index is 473. The average Bonchev–Trinajstić information content (AvgIpc) is 3.22. The van der Waals surface area contributed by atoms with Gasteiger partial charge in [0.2, 0.25) is 0 Å². The van der Waals surface area contributed by atoms with E-state index in [1.807, 2.05) is 0 Å². The van der Waals surface area contributed by atoms with E-state index in [0.29, 0.717) is 29.5 Å². The van der Waals surface area contributed by atoms with Crippen molar-refractivity contribution < 1.29 is 8.42 Å². The first-order valence-electron chi connectivity index (χ1n) is 8.52. The Hall–Kier alpha value is -0.130. The summed E-state index contributed by atoms with van der Waals surface area (Å²) in [7, 11) is -2.77. The van der Waals surface area contributed by atoms with Crippen molar-refractivity contribution >= 4 is 9.84 Å². The maximum absolute atomic E-state index is 11.7. The minimum absolute atomic E-state index is 0.238. The summed E-state index contributed by atoms with van der Waals surface area (Å²) in [4.78, 5) is 2.66. The summed E-state index contributed by atoms with van der Waals surface area (Å²) in [5.41, 5.74) is 0.238. The molecule has 0 aromatic heterocycles. The van der Waals surface area contributed by atoms with E-state index >= 15 is 0 Å². The fraction of sp³-hybridized carbons (Fsp3) is 1.00. The summed E-state index contributed by atoms with van der Waals surface area (Å²) in [5.74, 6) is 2.19. The zero-order valence-corrected chi connectivity index (χ0v) is 14.5. The van der Waals surface area contributed by atoms with Gasteiger partial charge in [0.15, 0.2) is 0 Å². The van der Waals surface area contributed by atoms with E-state index in [9.17, 15) is 8.42 Å². The molecular weight excluding hydrogens is 284 g/mol. The molecule has 0 spiro atoms. The van der Waals surface area contributed by atoms with Crippen LogP contribution in [-0.4, -0.2) is 55.5 Å². The zero-order valence-electron chi connectivity index (χ0n) is 13.6. The topological polar surface area (TPSA) is 49.4 Å². The molecule has 0 radical (unpaired) electrons. The molecule has 2 aliphatic heterocycles. The maximum atomic E-state index is 11.7. The van der Waals surface area contributed by atoms with Crippen molar-refractivity contribution in [2.45, 2.75) is 64.1 Å². The highest BCUT2D eigenvalue weighted by molar-refractivity contribution is 7.91. The number of piperazine rings is 1. The van der Waals surface area contributed by atoms with E-state index < -0.39 is 9.84 Å². The lowest BCUT2D eigenvalue weighted by molar-refractivity contribution is 0.0149. The lowest BCUT2D eigenvalue weighted by atomic mass is 9.86. The van der Waals surface area contributed by atoms with Crippen LogP contribution in [0.1, 0.15) is 46.5 Å². The van der Waals surface area contributed by atoms with Gasteiger partial charge in [0.05, 0.1) is 11.5 Å². The van der Waals surface area contributed by atoms with Crippen LogP contribution in [0.15, 0.2) is 0 Å². The van der Waals surface area contributed by atoms with Gasteiger partial charge in [0.1, 0.15) is 9.84 Å². The van der Waals surface area contributed by atoms with Gasteiger partial charge in [0, 0.05) is 30.7 Å². The van der Waals surface area contributed by atoms with Gasteiger partial charge < -0.3 is 5.32 Å². The molecule has 21 heavy (non-hydrogen) atoms. The van der Waals surface area contributed by atoms with Crippen LogP contribution in [0.5, 0.6) is 0 Å². The van der Waals surface area contributed by atoms with Gasteiger partial charge >= 0.3 is 0 Å². The molecule has 1 aliphatic carbocycles. The summed E-state index contributed by atoms with van der Waals surface area (Å²) in [6.45, 7) is 9.09. The van der Waals surface area contributed by atoms with Crippen LogP contribution in [-0.2, 0) is 9.84 Å². The molecule has 122 valence electrons. The van der Waals surface area contributed by atoms with Crippen molar-refractivity contribution in [3.63, 3.8) is 0 Å². The van der Waals surface area contributed by atoms with Crippen LogP contribution in [0.4, 0.5) is 0 Å². The highest BCUT2D eigenvalue weighted by Gasteiger charge is 2.48. The number of hydrogen-bond acceptors (Lipinski definition) is 4. The number of rotatable bonds is 3. The molecule has 1 saturated carbocycles. The molecule has 3 rings (SSSR count). The molecule has 2 heterocycles. The zero-order chi connectivity index (χ0) is 15.3. The second-order valence-electron chi connectivity index (χ2n) is 7.94. The molecule has 2 saturated heterocycles. The Morgan fingerprint density at radius 3 is 2.29 bits per heavy atom. The van der Waals surface area contributed by atoms with Gasteiger partial charge in [-0.3, -0.25) is 4.90 Å². The molecular formula is C16H30N2O2S. The molecule has 0 aromatic carbocycles. The third kappa shape index (κ3) is 3.30. The molecule has 2 atom stereocenters. The monoisotopic (exact) mass is 314 g/mol. The molecule has 5 heteroatoms. The Morgan fingerprint density at radius 2 is 1.76 bits per heavy atom. The van der Waals surface area contributed by atoms with Gasteiger partial charge in [0.25, 0.3) is 0 Å². The highest BCUT2D eigenvalue weighted by atomic mass is 32.2. The van der Waals surface area contributed by atoms with Crippen molar-refractivity contribution in [1.82, 2.24) is 10.2 Å². The van der Waals surface area contributed by atoms with Crippen LogP contribution < -0.4 is 5.32 Å². The normalized spacial score (nSPS) is 38.8. The molecule has 0 bridgehead atoms. The summed E-state index contributed by atoms with van der Waals surface area (Å²) >= 11 is 0. The summed E-state index contributed by atoms with van der Waals surface area (Å²) in [6, 6.07) is 1.00. The van der Waals surface area contributed by atoms with Gasteiger partial charge in [-0.1, -0.05) is 13.8 Å². The second-order valence-corrected chi connectivity index (χ2v) is 10.2. The maximum Gasteiger partial charge on any atom is 0.150 e. The first kappa shape index (κ1) is 15.8. The third-order valence-electron chi connectivity index (χ3n) is 5.89. The van der Waals surface area contributed by atoms with Crippen LogP contribution in [0.3, 0.4) is 0 Å². The summed E-state index contributed by atoms with van der Waals surface area (Å²) in [5, 5.41) is 3.81. The Balaban J connectivity index is 1.74. The second kappa shape index (κ2) is 5.50. The van der Waals surface area contributed by atoms with Crippen LogP contribution in [0.2, 0.25) is 0 Å². The van der Waals surface area contributed by atoms with Gasteiger partial charge in [-0.2, -0.15) is 0 Å². The average molecular weight is 314 g/mol. The van der Waals surface area contributed by atoms with Crippen molar-refractivity contribution in [1.29, 1.82) is 0 Å². The number of nitrogens with zero attached hydrogens (tertiary/aromatic N) is 1. The standard InChI is InChI=1S/C16H30N2O2S/c1-12(2)15-10-17-16(3,13-4-5-13)11-18(15)14-6-8-21(19,20)9-7-14/h12-15,17H,4-11H2,1-3H3. The van der Waals surface area contributed by atoms with E-state index in [4.69, 9.17) is 0 Å².